The monoisotopic (exact) mass is 651 g/mol. The van der Waals surface area contributed by atoms with Gasteiger partial charge in [-0.3, -0.25) is 18.6 Å². The summed E-state index contributed by atoms with van der Waals surface area (Å²) in [7, 11) is -4.73. The summed E-state index contributed by atoms with van der Waals surface area (Å²) in [6.07, 6.45) is 21.6. The van der Waals surface area contributed by atoms with E-state index < -0.39 is 57.6 Å². The van der Waals surface area contributed by atoms with Crippen molar-refractivity contribution in [2.24, 2.45) is 0 Å². The number of aliphatic hydroxyl groups is 1. The summed E-state index contributed by atoms with van der Waals surface area (Å²) in [6.45, 7) is 2.51. The molecule has 0 spiro atoms. The molecule has 0 aromatic heterocycles. The first-order valence-electron chi connectivity index (χ1n) is 17.1. The topological polar surface area (TPSA) is 169 Å². The molecule has 44 heavy (non-hydrogen) atoms. The van der Waals surface area contributed by atoms with Gasteiger partial charge in [0.05, 0.1) is 13.2 Å². The smallest absolute Gasteiger partial charge is 0.472 e. The number of nitrogens with one attached hydrogen (secondary N) is 1. The first kappa shape index (κ1) is 42.5. The molecule has 0 aliphatic carbocycles. The molecule has 0 aromatic carbocycles. The van der Waals surface area contributed by atoms with E-state index in [1.807, 2.05) is 0 Å². The lowest BCUT2D eigenvalue weighted by Crippen LogP contribution is -2.43. The second kappa shape index (κ2) is 28.9. The van der Waals surface area contributed by atoms with Crippen LogP contribution < -0.4 is 5.32 Å². The molecule has 0 saturated heterocycles. The van der Waals surface area contributed by atoms with Crippen LogP contribution in [-0.4, -0.2) is 64.9 Å². The molecular weight excluding hydrogens is 589 g/mol. The maximum atomic E-state index is 12.2. The lowest BCUT2D eigenvalue weighted by molar-refractivity contribution is -0.147. The van der Waals surface area contributed by atoms with E-state index in [1.54, 1.807) is 0 Å². The van der Waals surface area contributed by atoms with Crippen molar-refractivity contribution in [3.05, 3.63) is 0 Å². The van der Waals surface area contributed by atoms with E-state index >= 15 is 0 Å². The van der Waals surface area contributed by atoms with E-state index in [2.05, 4.69) is 19.2 Å². The number of amides is 1. The van der Waals surface area contributed by atoms with Gasteiger partial charge in [0.2, 0.25) is 5.91 Å². The number of carboxylic acids is 1. The van der Waals surface area contributed by atoms with E-state index in [9.17, 15) is 34.1 Å². The molecule has 0 aliphatic heterocycles. The van der Waals surface area contributed by atoms with Crippen molar-refractivity contribution in [3.63, 3.8) is 0 Å². The van der Waals surface area contributed by atoms with Gasteiger partial charge in [0.25, 0.3) is 0 Å². The molecule has 3 unspecified atom stereocenters. The van der Waals surface area contributed by atoms with Crippen LogP contribution >= 0.6 is 7.82 Å². The molecule has 0 heterocycles. The number of aliphatic carboxylic acids is 1. The molecular formula is C32H62NO10P. The average molecular weight is 652 g/mol. The number of rotatable bonds is 32. The van der Waals surface area contributed by atoms with Gasteiger partial charge in [0, 0.05) is 12.8 Å². The second-order valence-electron chi connectivity index (χ2n) is 11.7. The number of phosphoric acid groups is 1. The second-order valence-corrected chi connectivity index (χ2v) is 13.2. The quantitative estimate of drug-likeness (QED) is 0.0331. The van der Waals surface area contributed by atoms with Crippen molar-refractivity contribution >= 4 is 25.7 Å². The third-order valence-corrected chi connectivity index (χ3v) is 8.35. The highest BCUT2D eigenvalue weighted by molar-refractivity contribution is 7.47. The van der Waals surface area contributed by atoms with Gasteiger partial charge in [-0.1, -0.05) is 129 Å². The molecule has 0 fully saturated rings. The Kier molecular flexibility index (Phi) is 27.9. The van der Waals surface area contributed by atoms with Crippen LogP contribution in [0, 0.1) is 0 Å². The lowest BCUT2D eigenvalue weighted by atomic mass is 10.0. The van der Waals surface area contributed by atoms with Crippen LogP contribution in [0.5, 0.6) is 0 Å². The van der Waals surface area contributed by atoms with Crippen molar-refractivity contribution in [2.75, 3.05) is 19.8 Å². The van der Waals surface area contributed by atoms with Crippen LogP contribution in [0.3, 0.4) is 0 Å². The number of ether oxygens (including phenoxy) is 1. The Labute approximate surface area is 265 Å². The highest BCUT2D eigenvalue weighted by Crippen LogP contribution is 2.43. The van der Waals surface area contributed by atoms with E-state index in [1.165, 1.54) is 77.0 Å². The van der Waals surface area contributed by atoms with Crippen LogP contribution in [-0.2, 0) is 32.7 Å². The first-order chi connectivity index (χ1) is 21.1. The molecule has 12 heteroatoms. The van der Waals surface area contributed by atoms with Crippen LogP contribution in [0.1, 0.15) is 155 Å². The number of aliphatic hydroxyl groups excluding tert-OH is 1. The fourth-order valence-corrected chi connectivity index (χ4v) is 5.44. The summed E-state index contributed by atoms with van der Waals surface area (Å²) in [4.78, 5) is 45.4. The van der Waals surface area contributed by atoms with Gasteiger partial charge in [0.15, 0.2) is 6.04 Å². The fourth-order valence-electron chi connectivity index (χ4n) is 4.67. The fraction of sp³-hybridized carbons (Fsp3) is 0.906. The van der Waals surface area contributed by atoms with Gasteiger partial charge in [-0.15, -0.1) is 0 Å². The third-order valence-electron chi connectivity index (χ3n) is 7.40. The molecule has 0 rings (SSSR count). The molecule has 0 aliphatic rings. The largest absolute Gasteiger partial charge is 0.480 e. The van der Waals surface area contributed by atoms with E-state index in [4.69, 9.17) is 13.8 Å². The number of carboxylic acid groups (broad SMARTS) is 1. The molecule has 0 aromatic rings. The zero-order chi connectivity index (χ0) is 32.9. The minimum absolute atomic E-state index is 0.151. The number of phosphoric ester groups is 1. The van der Waals surface area contributed by atoms with Crippen LogP contribution in [0.15, 0.2) is 0 Å². The number of carbonyl (C=O) groups excluding carboxylic acids is 2. The predicted octanol–water partition coefficient (Wildman–Crippen LogP) is 7.22. The number of hydrogen-bond acceptors (Lipinski definition) is 8. The van der Waals surface area contributed by atoms with Gasteiger partial charge in [-0.2, -0.15) is 0 Å². The Morgan fingerprint density at radius 2 is 1.05 bits per heavy atom. The van der Waals surface area contributed by atoms with Crippen molar-refractivity contribution in [1.82, 2.24) is 5.32 Å². The van der Waals surface area contributed by atoms with Crippen molar-refractivity contribution in [1.29, 1.82) is 0 Å². The highest BCUT2D eigenvalue weighted by Gasteiger charge is 2.28. The SMILES string of the molecule is CCCCCCCCCCCCCCC(=O)NC(COP(=O)(O)OCC(O)COC(=O)CCCCCCCCCC)C(=O)O. The van der Waals surface area contributed by atoms with Gasteiger partial charge < -0.3 is 25.2 Å². The van der Waals surface area contributed by atoms with Gasteiger partial charge >= 0.3 is 19.8 Å². The Hall–Kier alpha value is -1.52. The van der Waals surface area contributed by atoms with Gasteiger partial charge in [-0.25, -0.2) is 9.36 Å². The van der Waals surface area contributed by atoms with E-state index in [0.29, 0.717) is 12.8 Å². The number of hydrogen-bond donors (Lipinski definition) is 4. The Bertz CT molecular complexity index is 782. The van der Waals surface area contributed by atoms with Crippen molar-refractivity contribution in [2.45, 2.75) is 167 Å². The average Bonchev–Trinajstić information content (AvgIpc) is 2.99. The van der Waals surface area contributed by atoms with E-state index in [0.717, 1.165) is 38.5 Å². The Morgan fingerprint density at radius 3 is 1.50 bits per heavy atom. The summed E-state index contributed by atoms with van der Waals surface area (Å²) < 4.78 is 26.5. The predicted molar refractivity (Wildman–Crippen MR) is 171 cm³/mol. The van der Waals surface area contributed by atoms with Crippen LogP contribution in [0.4, 0.5) is 0 Å². The zero-order valence-corrected chi connectivity index (χ0v) is 28.4. The summed E-state index contributed by atoms with van der Waals surface area (Å²) in [5.74, 6) is -2.37. The van der Waals surface area contributed by atoms with E-state index in [-0.39, 0.29) is 12.8 Å². The van der Waals surface area contributed by atoms with Gasteiger partial charge in [0.1, 0.15) is 12.7 Å². The Morgan fingerprint density at radius 1 is 0.636 bits per heavy atom. The zero-order valence-electron chi connectivity index (χ0n) is 27.5. The molecule has 0 bridgehead atoms. The first-order valence-corrected chi connectivity index (χ1v) is 18.6. The van der Waals surface area contributed by atoms with Gasteiger partial charge in [-0.05, 0) is 12.8 Å². The minimum atomic E-state index is -4.73. The Balaban J connectivity index is 4.02. The normalized spacial score (nSPS) is 14.1. The number of esters is 1. The minimum Gasteiger partial charge on any atom is -0.480 e. The van der Waals surface area contributed by atoms with Crippen LogP contribution in [0.25, 0.3) is 0 Å². The highest BCUT2D eigenvalue weighted by atomic mass is 31.2. The summed E-state index contributed by atoms with van der Waals surface area (Å²) in [5.41, 5.74) is 0. The third kappa shape index (κ3) is 28.0. The summed E-state index contributed by atoms with van der Waals surface area (Å²) in [6, 6.07) is -1.54. The number of carbonyl (C=O) groups is 3. The molecule has 4 N–H and O–H groups in total. The van der Waals surface area contributed by atoms with Crippen LogP contribution in [0.2, 0.25) is 0 Å². The maximum Gasteiger partial charge on any atom is 0.472 e. The molecule has 1 amide bonds. The molecule has 11 nitrogen and oxygen atoms in total. The van der Waals surface area contributed by atoms with Crippen molar-refractivity contribution in [3.8, 4) is 0 Å². The molecule has 260 valence electrons. The lowest BCUT2D eigenvalue weighted by Gasteiger charge is -2.18. The molecule has 0 saturated carbocycles. The summed E-state index contributed by atoms with van der Waals surface area (Å²) in [5, 5.41) is 21.6. The van der Waals surface area contributed by atoms with Crippen molar-refractivity contribution < 1.29 is 47.8 Å². The summed E-state index contributed by atoms with van der Waals surface area (Å²) >= 11 is 0. The molecule has 3 atom stereocenters. The maximum absolute atomic E-state index is 12.2. The number of unbranched alkanes of at least 4 members (excludes halogenated alkanes) is 18. The standard InChI is InChI=1S/C32H62NO10P/c1-3-5-7-9-11-13-14-15-16-17-19-21-23-30(35)33-29(32(37)38)27-43-44(39,40)42-26-28(34)25-41-31(36)24-22-20-18-12-10-8-6-4-2/h28-29,34H,3-27H2,1-2H3,(H,33,35)(H,37,38)(H,39,40). The molecule has 0 radical (unpaired) electrons.